The van der Waals surface area contributed by atoms with Crippen LogP contribution < -0.4 is 15.0 Å². The van der Waals surface area contributed by atoms with Gasteiger partial charge in [0.25, 0.3) is 5.91 Å². The highest BCUT2D eigenvalue weighted by Crippen LogP contribution is 2.35. The minimum atomic E-state index is -0.465. The third-order valence-electron chi connectivity index (χ3n) is 3.69. The first-order valence-electron chi connectivity index (χ1n) is 7.82. The molecular weight excluding hydrogens is 328 g/mol. The van der Waals surface area contributed by atoms with Gasteiger partial charge in [0.15, 0.2) is 6.61 Å². The van der Waals surface area contributed by atoms with E-state index in [4.69, 9.17) is 14.0 Å². The van der Waals surface area contributed by atoms with E-state index in [1.807, 2.05) is 6.92 Å². The number of anilines is 1. The third kappa shape index (κ3) is 3.45. The van der Waals surface area contributed by atoms with Crippen molar-refractivity contribution in [3.05, 3.63) is 24.1 Å². The molecular formula is C16H18N4O5. The average molecular weight is 346 g/mol. The average Bonchev–Trinajstić information content (AvgIpc) is 3.11. The van der Waals surface area contributed by atoms with Gasteiger partial charge in [0.1, 0.15) is 5.75 Å². The quantitative estimate of drug-likeness (QED) is 0.773. The van der Waals surface area contributed by atoms with Gasteiger partial charge >= 0.3 is 11.8 Å². The van der Waals surface area contributed by atoms with Crippen LogP contribution in [0.3, 0.4) is 0 Å². The van der Waals surface area contributed by atoms with E-state index in [9.17, 15) is 9.59 Å². The maximum atomic E-state index is 11.9. The molecule has 2 amide bonds. The topological polar surface area (TPSA) is 107 Å². The van der Waals surface area contributed by atoms with Crippen LogP contribution >= 0.6 is 0 Å². The number of rotatable bonds is 6. The zero-order chi connectivity index (χ0) is 17.8. The van der Waals surface area contributed by atoms with E-state index in [0.717, 1.165) is 0 Å². The van der Waals surface area contributed by atoms with Gasteiger partial charge in [0.05, 0.1) is 12.3 Å². The summed E-state index contributed by atoms with van der Waals surface area (Å²) in [7, 11) is 1.54. The Morgan fingerprint density at radius 2 is 2.28 bits per heavy atom. The van der Waals surface area contributed by atoms with E-state index in [1.54, 1.807) is 30.2 Å². The number of carbonyl (C=O) groups excluding carboxylic acids is 2. The van der Waals surface area contributed by atoms with Crippen molar-refractivity contribution in [2.75, 3.05) is 38.3 Å². The first-order valence-corrected chi connectivity index (χ1v) is 7.82. The number of hydrogen-bond acceptors (Lipinski definition) is 7. The lowest BCUT2D eigenvalue weighted by molar-refractivity contribution is -0.121. The fourth-order valence-corrected chi connectivity index (χ4v) is 2.47. The van der Waals surface area contributed by atoms with E-state index in [0.29, 0.717) is 36.7 Å². The highest BCUT2D eigenvalue weighted by Gasteiger charge is 2.25. The number of hydrogen-bond donors (Lipinski definition) is 1. The highest BCUT2D eigenvalue weighted by atomic mass is 16.5. The molecule has 0 saturated carbocycles. The number of nitrogens with one attached hydrogen (secondary N) is 1. The monoisotopic (exact) mass is 346 g/mol. The number of benzene rings is 1. The van der Waals surface area contributed by atoms with Crippen molar-refractivity contribution in [2.24, 2.45) is 0 Å². The second-order valence-electron chi connectivity index (χ2n) is 5.28. The van der Waals surface area contributed by atoms with E-state index < -0.39 is 5.91 Å². The van der Waals surface area contributed by atoms with Crippen LogP contribution in [0.2, 0.25) is 0 Å². The van der Waals surface area contributed by atoms with E-state index in [-0.39, 0.29) is 24.2 Å². The number of methoxy groups -OCH3 is 1. The van der Waals surface area contributed by atoms with Crippen molar-refractivity contribution in [3.8, 4) is 17.1 Å². The number of carbonyl (C=O) groups is 2. The summed E-state index contributed by atoms with van der Waals surface area (Å²) in [5.41, 5.74) is 1.33. The van der Waals surface area contributed by atoms with Gasteiger partial charge in [-0.2, -0.15) is 4.98 Å². The molecule has 1 N–H and O–H groups in total. The maximum Gasteiger partial charge on any atom is 0.316 e. The number of ether oxygens (including phenoxy) is 2. The van der Waals surface area contributed by atoms with Crippen LogP contribution in [-0.4, -0.2) is 55.4 Å². The number of nitrogens with zero attached hydrogens (tertiary/aromatic N) is 3. The number of amides is 2. The second kappa shape index (κ2) is 7.31. The molecule has 0 fully saturated rings. The highest BCUT2D eigenvalue weighted by molar-refractivity contribution is 5.98. The molecule has 2 heterocycles. The van der Waals surface area contributed by atoms with Gasteiger partial charge in [-0.15, -0.1) is 0 Å². The fourth-order valence-electron chi connectivity index (χ4n) is 2.47. The summed E-state index contributed by atoms with van der Waals surface area (Å²) < 4.78 is 15.3. The summed E-state index contributed by atoms with van der Waals surface area (Å²) in [4.78, 5) is 29.5. The Hall–Kier alpha value is -2.94. The first kappa shape index (κ1) is 16.9. The molecule has 25 heavy (non-hydrogen) atoms. The van der Waals surface area contributed by atoms with E-state index >= 15 is 0 Å². The van der Waals surface area contributed by atoms with Gasteiger partial charge in [-0.1, -0.05) is 5.16 Å². The Kier molecular flexibility index (Phi) is 4.94. The predicted octanol–water partition coefficient (Wildman–Crippen LogP) is 0.858. The van der Waals surface area contributed by atoms with Gasteiger partial charge < -0.3 is 24.2 Å². The Bertz CT molecular complexity index is 789. The Balaban J connectivity index is 1.79. The largest absolute Gasteiger partial charge is 0.482 e. The van der Waals surface area contributed by atoms with Crippen molar-refractivity contribution in [2.45, 2.75) is 6.92 Å². The van der Waals surface area contributed by atoms with Gasteiger partial charge in [0.2, 0.25) is 5.82 Å². The summed E-state index contributed by atoms with van der Waals surface area (Å²) in [6.07, 6.45) is 0. The van der Waals surface area contributed by atoms with Crippen LogP contribution in [0.25, 0.3) is 11.4 Å². The normalized spacial score (nSPS) is 13.4. The van der Waals surface area contributed by atoms with Crippen molar-refractivity contribution in [3.63, 3.8) is 0 Å². The SMILES string of the molecule is CCN1C(=O)COc2cc(-c3noc(C(=O)NCCOC)n3)ccc21. The smallest absolute Gasteiger partial charge is 0.316 e. The Morgan fingerprint density at radius 3 is 3.04 bits per heavy atom. The molecule has 3 rings (SSSR count). The molecule has 2 aromatic rings. The summed E-state index contributed by atoms with van der Waals surface area (Å²) >= 11 is 0. The molecule has 0 aliphatic carbocycles. The van der Waals surface area contributed by atoms with Crippen LogP contribution in [0.5, 0.6) is 5.75 Å². The minimum Gasteiger partial charge on any atom is -0.482 e. The van der Waals surface area contributed by atoms with Crippen LogP contribution in [0.4, 0.5) is 5.69 Å². The second-order valence-corrected chi connectivity index (χ2v) is 5.28. The molecule has 0 bridgehead atoms. The van der Waals surface area contributed by atoms with E-state index in [2.05, 4.69) is 15.5 Å². The lowest BCUT2D eigenvalue weighted by Gasteiger charge is -2.28. The lowest BCUT2D eigenvalue weighted by atomic mass is 10.1. The molecule has 132 valence electrons. The standard InChI is InChI=1S/C16H18N4O5/c1-3-20-11-5-4-10(8-12(11)24-9-13(20)21)14-18-16(25-19-14)15(22)17-6-7-23-2/h4-5,8H,3,6-7,9H2,1-2H3,(H,17,22). The summed E-state index contributed by atoms with van der Waals surface area (Å²) in [5.74, 6) is 0.151. The number of fused-ring (bicyclic) bond motifs is 1. The summed E-state index contributed by atoms with van der Waals surface area (Å²) in [5, 5.41) is 6.43. The molecule has 0 spiro atoms. The number of likely N-dealkylation sites (N-methyl/N-ethyl adjacent to an activating group) is 1. The van der Waals surface area contributed by atoms with Crippen LogP contribution in [0, 0.1) is 0 Å². The summed E-state index contributed by atoms with van der Waals surface area (Å²) in [6.45, 7) is 3.18. The summed E-state index contributed by atoms with van der Waals surface area (Å²) in [6, 6.07) is 5.24. The first-order chi connectivity index (χ1) is 12.1. The van der Waals surface area contributed by atoms with Gasteiger partial charge in [0, 0.05) is 25.8 Å². The lowest BCUT2D eigenvalue weighted by Crippen LogP contribution is -2.38. The fraction of sp³-hybridized carbons (Fsp3) is 0.375. The van der Waals surface area contributed by atoms with Gasteiger partial charge in [-0.25, -0.2) is 0 Å². The molecule has 1 aromatic heterocycles. The van der Waals surface area contributed by atoms with Gasteiger partial charge in [-0.3, -0.25) is 9.59 Å². The predicted molar refractivity (Wildman–Crippen MR) is 87.5 cm³/mol. The maximum absolute atomic E-state index is 11.9. The molecule has 0 saturated heterocycles. The van der Waals surface area contributed by atoms with E-state index in [1.165, 1.54) is 0 Å². The molecule has 0 atom stereocenters. The third-order valence-corrected chi connectivity index (χ3v) is 3.69. The molecule has 0 radical (unpaired) electrons. The molecule has 1 aliphatic heterocycles. The van der Waals surface area contributed by atoms with Crippen molar-refractivity contribution >= 4 is 17.5 Å². The van der Waals surface area contributed by atoms with Crippen LogP contribution in [0.15, 0.2) is 22.7 Å². The molecule has 1 aromatic carbocycles. The molecule has 9 nitrogen and oxygen atoms in total. The van der Waals surface area contributed by atoms with Gasteiger partial charge in [-0.05, 0) is 25.1 Å². The zero-order valence-corrected chi connectivity index (χ0v) is 13.9. The minimum absolute atomic E-state index is 0.0102. The van der Waals surface area contributed by atoms with Crippen molar-refractivity contribution < 1.29 is 23.6 Å². The molecule has 0 unspecified atom stereocenters. The molecule has 1 aliphatic rings. The number of aromatic nitrogens is 2. The Morgan fingerprint density at radius 1 is 1.44 bits per heavy atom. The molecule has 9 heteroatoms. The van der Waals surface area contributed by atoms with Crippen molar-refractivity contribution in [1.82, 2.24) is 15.5 Å². The van der Waals surface area contributed by atoms with Crippen LogP contribution in [0.1, 0.15) is 17.6 Å². The van der Waals surface area contributed by atoms with Crippen molar-refractivity contribution in [1.29, 1.82) is 0 Å². The van der Waals surface area contributed by atoms with Crippen LogP contribution in [-0.2, 0) is 9.53 Å². The zero-order valence-electron chi connectivity index (χ0n) is 13.9. The Labute approximate surface area is 143 Å².